The molecule has 146 valence electrons. The van der Waals surface area contributed by atoms with Crippen LogP contribution in [0.15, 0.2) is 30.3 Å². The molecule has 0 atom stereocenters. The number of hydrogen-bond donors (Lipinski definition) is 1. The number of amides is 2. The molecule has 0 aromatic heterocycles. The number of carbonyl (C=O) groups is 2. The van der Waals surface area contributed by atoms with E-state index >= 15 is 0 Å². The monoisotopic (exact) mass is 370 g/mol. The quantitative estimate of drug-likeness (QED) is 0.803. The van der Waals surface area contributed by atoms with Crippen molar-refractivity contribution in [2.24, 2.45) is 23.2 Å². The number of hydrogen-bond acceptors (Lipinski definition) is 3. The third kappa shape index (κ3) is 3.97. The lowest BCUT2D eigenvalue weighted by molar-refractivity contribution is -0.147. The molecular formula is C22H30N2O3. The molecule has 0 radical (unpaired) electrons. The lowest BCUT2D eigenvalue weighted by atomic mass is 9.49. The Morgan fingerprint density at radius 2 is 1.67 bits per heavy atom. The van der Waals surface area contributed by atoms with Crippen molar-refractivity contribution in [1.29, 1.82) is 0 Å². The lowest BCUT2D eigenvalue weighted by Gasteiger charge is -2.55. The van der Waals surface area contributed by atoms with E-state index in [0.29, 0.717) is 13.2 Å². The minimum Gasteiger partial charge on any atom is -0.492 e. The van der Waals surface area contributed by atoms with Crippen LogP contribution in [-0.2, 0) is 9.59 Å². The molecule has 0 aliphatic heterocycles. The van der Waals surface area contributed by atoms with Crippen molar-refractivity contribution in [3.8, 4) is 5.75 Å². The molecule has 2 amide bonds. The predicted octanol–water partition coefficient (Wildman–Crippen LogP) is 2.86. The Balaban J connectivity index is 1.22. The van der Waals surface area contributed by atoms with E-state index < -0.39 is 0 Å². The average Bonchev–Trinajstić information content (AvgIpc) is 2.65. The standard InChI is InChI=1S/C22H30N2O3/c1-24(7-8-27-19-5-3-2-4-6-19)20(25)15-23-21(26)22-12-16-9-17(13-22)11-18(10-16)14-22/h2-6,16-18H,7-15H2,1H3,(H,23,26). The number of nitrogens with one attached hydrogen (secondary N) is 1. The first-order chi connectivity index (χ1) is 13.0. The number of carbonyl (C=O) groups excluding carboxylic acids is 2. The molecule has 1 aromatic carbocycles. The Kier molecular flexibility index (Phi) is 5.11. The van der Waals surface area contributed by atoms with Crippen LogP contribution in [0.5, 0.6) is 5.75 Å². The second-order valence-corrected chi connectivity index (χ2v) is 8.86. The SMILES string of the molecule is CN(CCOc1ccccc1)C(=O)CNC(=O)C12CC3CC(CC(C3)C1)C2. The van der Waals surface area contributed by atoms with Gasteiger partial charge in [-0.05, 0) is 68.4 Å². The number of benzene rings is 1. The minimum absolute atomic E-state index is 0.0651. The van der Waals surface area contributed by atoms with E-state index in [1.54, 1.807) is 11.9 Å². The van der Waals surface area contributed by atoms with Gasteiger partial charge in [-0.2, -0.15) is 0 Å². The Labute approximate surface area is 161 Å². The first kappa shape index (κ1) is 18.3. The summed E-state index contributed by atoms with van der Waals surface area (Å²) in [4.78, 5) is 26.9. The number of likely N-dealkylation sites (N-methyl/N-ethyl adjacent to an activating group) is 1. The predicted molar refractivity (Wildman–Crippen MR) is 103 cm³/mol. The van der Waals surface area contributed by atoms with Gasteiger partial charge in [0.1, 0.15) is 12.4 Å². The molecule has 4 aliphatic carbocycles. The van der Waals surface area contributed by atoms with Gasteiger partial charge in [-0.25, -0.2) is 0 Å². The first-order valence-electron chi connectivity index (χ1n) is 10.2. The van der Waals surface area contributed by atoms with Gasteiger partial charge >= 0.3 is 0 Å². The van der Waals surface area contributed by atoms with Gasteiger partial charge in [0.2, 0.25) is 11.8 Å². The van der Waals surface area contributed by atoms with Crippen LogP contribution in [0, 0.1) is 23.2 Å². The van der Waals surface area contributed by atoms with Crippen LogP contribution in [0.1, 0.15) is 38.5 Å². The van der Waals surface area contributed by atoms with Crippen molar-refractivity contribution in [2.75, 3.05) is 26.7 Å². The number of para-hydroxylation sites is 1. The summed E-state index contributed by atoms with van der Waals surface area (Å²) in [5.74, 6) is 3.05. The number of nitrogens with zero attached hydrogens (tertiary/aromatic N) is 1. The van der Waals surface area contributed by atoms with Crippen LogP contribution in [0.4, 0.5) is 0 Å². The maximum absolute atomic E-state index is 12.9. The van der Waals surface area contributed by atoms with E-state index in [2.05, 4.69) is 5.32 Å². The third-order valence-electron chi connectivity index (χ3n) is 6.78. The highest BCUT2D eigenvalue weighted by atomic mass is 16.5. The van der Waals surface area contributed by atoms with Gasteiger partial charge in [-0.1, -0.05) is 18.2 Å². The summed E-state index contributed by atoms with van der Waals surface area (Å²) in [7, 11) is 1.76. The topological polar surface area (TPSA) is 58.6 Å². The second kappa shape index (κ2) is 7.53. The van der Waals surface area contributed by atoms with Crippen LogP contribution < -0.4 is 10.1 Å². The van der Waals surface area contributed by atoms with Crippen molar-refractivity contribution < 1.29 is 14.3 Å². The summed E-state index contributed by atoms with van der Waals surface area (Å²) in [6.07, 6.45) is 7.03. The fourth-order valence-electron chi connectivity index (χ4n) is 5.81. The van der Waals surface area contributed by atoms with E-state index in [9.17, 15) is 9.59 Å². The molecule has 1 N–H and O–H groups in total. The zero-order valence-corrected chi connectivity index (χ0v) is 16.2. The van der Waals surface area contributed by atoms with Gasteiger partial charge in [-0.3, -0.25) is 9.59 Å². The van der Waals surface area contributed by atoms with Crippen LogP contribution in [-0.4, -0.2) is 43.5 Å². The van der Waals surface area contributed by atoms with E-state index in [-0.39, 0.29) is 23.8 Å². The largest absolute Gasteiger partial charge is 0.492 e. The van der Waals surface area contributed by atoms with Crippen molar-refractivity contribution in [1.82, 2.24) is 10.2 Å². The molecule has 0 spiro atoms. The van der Waals surface area contributed by atoms with E-state index in [1.807, 2.05) is 30.3 Å². The molecule has 4 bridgehead atoms. The summed E-state index contributed by atoms with van der Waals surface area (Å²) in [5, 5.41) is 2.96. The van der Waals surface area contributed by atoms with Crippen LogP contribution in [0.3, 0.4) is 0 Å². The maximum Gasteiger partial charge on any atom is 0.241 e. The molecule has 5 rings (SSSR count). The number of rotatable bonds is 7. The van der Waals surface area contributed by atoms with Crippen molar-refractivity contribution >= 4 is 11.8 Å². The summed E-state index contributed by atoms with van der Waals surface area (Å²) in [6.45, 7) is 1.03. The maximum atomic E-state index is 12.9. The van der Waals surface area contributed by atoms with E-state index in [4.69, 9.17) is 4.74 Å². The Morgan fingerprint density at radius 1 is 1.07 bits per heavy atom. The Morgan fingerprint density at radius 3 is 2.26 bits per heavy atom. The fraction of sp³-hybridized carbons (Fsp3) is 0.636. The van der Waals surface area contributed by atoms with E-state index in [0.717, 1.165) is 42.8 Å². The molecule has 27 heavy (non-hydrogen) atoms. The van der Waals surface area contributed by atoms with Gasteiger partial charge in [-0.15, -0.1) is 0 Å². The molecule has 1 aromatic rings. The van der Waals surface area contributed by atoms with Crippen molar-refractivity contribution in [3.63, 3.8) is 0 Å². The number of ether oxygens (including phenoxy) is 1. The smallest absolute Gasteiger partial charge is 0.241 e. The molecule has 5 nitrogen and oxygen atoms in total. The highest BCUT2D eigenvalue weighted by molar-refractivity contribution is 5.88. The molecular weight excluding hydrogens is 340 g/mol. The Hall–Kier alpha value is -2.04. The van der Waals surface area contributed by atoms with Gasteiger partial charge in [0.05, 0.1) is 13.1 Å². The normalized spacial score (nSPS) is 30.8. The molecule has 5 heteroatoms. The molecule has 4 fully saturated rings. The van der Waals surface area contributed by atoms with Gasteiger partial charge < -0.3 is 15.0 Å². The summed E-state index contributed by atoms with van der Waals surface area (Å²) < 4.78 is 5.64. The highest BCUT2D eigenvalue weighted by Crippen LogP contribution is 2.60. The average molecular weight is 370 g/mol. The molecule has 4 aliphatic rings. The Bertz CT molecular complexity index is 653. The van der Waals surface area contributed by atoms with Gasteiger partial charge in [0.25, 0.3) is 0 Å². The fourth-order valence-corrected chi connectivity index (χ4v) is 5.81. The lowest BCUT2D eigenvalue weighted by Crippen LogP contribution is -2.54. The van der Waals surface area contributed by atoms with Crippen LogP contribution >= 0.6 is 0 Å². The zero-order chi connectivity index (χ0) is 18.9. The zero-order valence-electron chi connectivity index (χ0n) is 16.2. The molecule has 0 heterocycles. The molecule has 0 saturated heterocycles. The molecule has 4 saturated carbocycles. The summed E-state index contributed by atoms with van der Waals surface area (Å²) in [5.41, 5.74) is -0.190. The summed E-state index contributed by atoms with van der Waals surface area (Å²) in [6, 6.07) is 9.57. The van der Waals surface area contributed by atoms with Crippen LogP contribution in [0.2, 0.25) is 0 Å². The van der Waals surface area contributed by atoms with Crippen LogP contribution in [0.25, 0.3) is 0 Å². The van der Waals surface area contributed by atoms with Crippen molar-refractivity contribution in [3.05, 3.63) is 30.3 Å². The third-order valence-corrected chi connectivity index (χ3v) is 6.78. The highest BCUT2D eigenvalue weighted by Gasteiger charge is 2.54. The first-order valence-corrected chi connectivity index (χ1v) is 10.2. The van der Waals surface area contributed by atoms with Gasteiger partial charge in [0, 0.05) is 12.5 Å². The minimum atomic E-state index is -0.190. The second-order valence-electron chi connectivity index (χ2n) is 8.86. The van der Waals surface area contributed by atoms with E-state index in [1.165, 1.54) is 19.3 Å². The summed E-state index contributed by atoms with van der Waals surface area (Å²) >= 11 is 0. The van der Waals surface area contributed by atoms with Crippen molar-refractivity contribution in [2.45, 2.75) is 38.5 Å². The molecule has 0 unspecified atom stereocenters. The van der Waals surface area contributed by atoms with Gasteiger partial charge in [0.15, 0.2) is 0 Å².